The molecular formula is C15H16BrNO2S2. The number of aryl methyl sites for hydroxylation is 1. The monoisotopic (exact) mass is 385 g/mol. The minimum absolute atomic E-state index is 0.114. The fourth-order valence-electron chi connectivity index (χ4n) is 1.86. The first-order valence-corrected chi connectivity index (χ1v) is 9.79. The third kappa shape index (κ3) is 4.49. The molecule has 0 spiro atoms. The highest BCUT2D eigenvalue weighted by Crippen LogP contribution is 2.25. The van der Waals surface area contributed by atoms with E-state index in [1.165, 1.54) is 11.8 Å². The molecule has 6 heteroatoms. The third-order valence-electron chi connectivity index (χ3n) is 2.98. The van der Waals surface area contributed by atoms with E-state index in [1.54, 1.807) is 24.3 Å². The number of halogens is 1. The second-order valence-corrected chi connectivity index (χ2v) is 8.81. The molecule has 0 amide bonds. The molecule has 2 N–H and O–H groups in total. The lowest BCUT2D eigenvalue weighted by atomic mass is 10.2. The summed E-state index contributed by atoms with van der Waals surface area (Å²) in [5, 5.41) is 0. The van der Waals surface area contributed by atoms with Crippen LogP contribution in [0, 0.1) is 6.92 Å². The highest BCUT2D eigenvalue weighted by atomic mass is 79.9. The van der Waals surface area contributed by atoms with Crippen molar-refractivity contribution >= 4 is 43.2 Å². The van der Waals surface area contributed by atoms with E-state index in [9.17, 15) is 8.42 Å². The van der Waals surface area contributed by atoms with Crippen molar-refractivity contribution in [3.63, 3.8) is 0 Å². The number of thioether (sulfide) groups is 1. The molecule has 0 aliphatic heterocycles. The first-order valence-electron chi connectivity index (χ1n) is 6.36. The average molecular weight is 386 g/mol. The van der Waals surface area contributed by atoms with Crippen molar-refractivity contribution in [1.29, 1.82) is 0 Å². The van der Waals surface area contributed by atoms with Crippen molar-refractivity contribution in [3.05, 3.63) is 52.5 Å². The van der Waals surface area contributed by atoms with E-state index in [1.807, 2.05) is 25.1 Å². The van der Waals surface area contributed by atoms with Gasteiger partial charge >= 0.3 is 0 Å². The van der Waals surface area contributed by atoms with Gasteiger partial charge in [-0.1, -0.05) is 15.9 Å². The molecule has 0 fully saturated rings. The Morgan fingerprint density at radius 2 is 1.81 bits per heavy atom. The van der Waals surface area contributed by atoms with Gasteiger partial charge in [0.15, 0.2) is 9.84 Å². The molecule has 0 heterocycles. The molecule has 0 saturated heterocycles. The van der Waals surface area contributed by atoms with E-state index in [0.717, 1.165) is 20.6 Å². The minimum Gasteiger partial charge on any atom is -0.399 e. The van der Waals surface area contributed by atoms with Gasteiger partial charge in [-0.3, -0.25) is 0 Å². The molecule has 0 radical (unpaired) electrons. The Labute approximate surface area is 138 Å². The minimum atomic E-state index is -3.23. The van der Waals surface area contributed by atoms with Gasteiger partial charge in [0.05, 0.1) is 10.6 Å². The summed E-state index contributed by atoms with van der Waals surface area (Å²) < 4.78 is 25.3. The summed E-state index contributed by atoms with van der Waals surface area (Å²) >= 11 is 4.84. The summed E-state index contributed by atoms with van der Waals surface area (Å²) in [5.41, 5.74) is 7.50. The second-order valence-electron chi connectivity index (χ2n) is 4.65. The van der Waals surface area contributed by atoms with Crippen molar-refractivity contribution < 1.29 is 8.42 Å². The van der Waals surface area contributed by atoms with Crippen LogP contribution in [0.5, 0.6) is 0 Å². The van der Waals surface area contributed by atoms with Gasteiger partial charge in [-0.05, 0) is 55.0 Å². The molecule has 0 atom stereocenters. The van der Waals surface area contributed by atoms with Crippen molar-refractivity contribution in [2.75, 3.05) is 17.2 Å². The molecular weight excluding hydrogens is 370 g/mol. The van der Waals surface area contributed by atoms with Gasteiger partial charge in [-0.25, -0.2) is 8.42 Å². The second kappa shape index (κ2) is 6.85. The highest BCUT2D eigenvalue weighted by molar-refractivity contribution is 9.10. The molecule has 0 saturated carbocycles. The van der Waals surface area contributed by atoms with Crippen molar-refractivity contribution in [1.82, 2.24) is 0 Å². The maximum atomic E-state index is 12.2. The van der Waals surface area contributed by atoms with Gasteiger partial charge in [0.25, 0.3) is 0 Å². The number of benzene rings is 2. The van der Waals surface area contributed by atoms with Crippen LogP contribution >= 0.6 is 27.7 Å². The molecule has 0 bridgehead atoms. The zero-order chi connectivity index (χ0) is 15.5. The average Bonchev–Trinajstić information content (AvgIpc) is 2.41. The number of nitrogen functional groups attached to an aromatic ring is 1. The van der Waals surface area contributed by atoms with Crippen LogP contribution in [0.25, 0.3) is 0 Å². The van der Waals surface area contributed by atoms with E-state index >= 15 is 0 Å². The van der Waals surface area contributed by atoms with E-state index in [4.69, 9.17) is 5.73 Å². The maximum Gasteiger partial charge on any atom is 0.179 e. The van der Waals surface area contributed by atoms with E-state index in [2.05, 4.69) is 15.9 Å². The van der Waals surface area contributed by atoms with Crippen molar-refractivity contribution in [2.45, 2.75) is 16.7 Å². The molecule has 2 rings (SSSR count). The van der Waals surface area contributed by atoms with E-state index in [0.29, 0.717) is 10.6 Å². The predicted molar refractivity (Wildman–Crippen MR) is 92.5 cm³/mol. The fourth-order valence-corrected chi connectivity index (χ4v) is 4.79. The van der Waals surface area contributed by atoms with Gasteiger partial charge in [-0.15, -0.1) is 11.8 Å². The fraction of sp³-hybridized carbons (Fsp3) is 0.200. The number of hydrogen-bond acceptors (Lipinski definition) is 4. The molecule has 0 aliphatic rings. The molecule has 0 unspecified atom stereocenters. The van der Waals surface area contributed by atoms with Crippen LogP contribution in [-0.2, 0) is 9.84 Å². The standard InChI is InChI=1S/C15H16BrNO2S2/c1-11-10-13(17)4-7-15(11)20-8-9-21(18,19)14-5-2-12(16)3-6-14/h2-7,10H,8-9,17H2,1H3. The zero-order valence-corrected chi connectivity index (χ0v) is 14.8. The zero-order valence-electron chi connectivity index (χ0n) is 11.5. The van der Waals surface area contributed by atoms with Crippen LogP contribution in [0.15, 0.2) is 56.7 Å². The Bertz CT molecular complexity index is 728. The summed E-state index contributed by atoms with van der Waals surface area (Å²) in [4.78, 5) is 1.43. The molecule has 2 aromatic carbocycles. The SMILES string of the molecule is Cc1cc(N)ccc1SCCS(=O)(=O)c1ccc(Br)cc1. The van der Waals surface area contributed by atoms with Gasteiger partial charge in [0, 0.05) is 20.8 Å². The Morgan fingerprint density at radius 1 is 1.14 bits per heavy atom. The van der Waals surface area contributed by atoms with Crippen molar-refractivity contribution in [3.8, 4) is 0 Å². The smallest absolute Gasteiger partial charge is 0.179 e. The Balaban J connectivity index is 2.00. The lowest BCUT2D eigenvalue weighted by Gasteiger charge is -2.07. The van der Waals surface area contributed by atoms with Crippen LogP contribution < -0.4 is 5.73 Å². The summed E-state index contributed by atoms with van der Waals surface area (Å²) in [6.45, 7) is 1.97. The Morgan fingerprint density at radius 3 is 2.43 bits per heavy atom. The predicted octanol–water partition coefficient (Wildman–Crippen LogP) is 3.91. The first kappa shape index (κ1) is 16.4. The van der Waals surface area contributed by atoms with Gasteiger partial charge in [-0.2, -0.15) is 0 Å². The normalized spacial score (nSPS) is 11.5. The van der Waals surface area contributed by atoms with Crippen LogP contribution in [-0.4, -0.2) is 19.9 Å². The van der Waals surface area contributed by atoms with Gasteiger partial charge in [0.1, 0.15) is 0 Å². The molecule has 112 valence electrons. The molecule has 2 aromatic rings. The van der Waals surface area contributed by atoms with E-state index < -0.39 is 9.84 Å². The third-order valence-corrected chi connectivity index (χ3v) is 6.68. The molecule has 3 nitrogen and oxygen atoms in total. The Hall–Kier alpha value is -0.980. The highest BCUT2D eigenvalue weighted by Gasteiger charge is 2.14. The number of sulfone groups is 1. The summed E-state index contributed by atoms with van der Waals surface area (Å²) in [5.74, 6) is 0.631. The molecule has 0 aromatic heterocycles. The summed E-state index contributed by atoms with van der Waals surface area (Å²) in [7, 11) is -3.23. The number of rotatable bonds is 5. The number of nitrogens with two attached hydrogens (primary N) is 1. The van der Waals surface area contributed by atoms with Crippen LogP contribution in [0.3, 0.4) is 0 Å². The van der Waals surface area contributed by atoms with Crippen LogP contribution in [0.4, 0.5) is 5.69 Å². The topological polar surface area (TPSA) is 60.2 Å². The summed E-state index contributed by atoms with van der Waals surface area (Å²) in [6, 6.07) is 12.4. The number of anilines is 1. The van der Waals surface area contributed by atoms with Crippen LogP contribution in [0.2, 0.25) is 0 Å². The summed E-state index contributed by atoms with van der Waals surface area (Å²) in [6.07, 6.45) is 0. The largest absolute Gasteiger partial charge is 0.399 e. The first-order chi connectivity index (χ1) is 9.88. The van der Waals surface area contributed by atoms with Crippen LogP contribution in [0.1, 0.15) is 5.56 Å². The van der Waals surface area contributed by atoms with Gasteiger partial charge < -0.3 is 5.73 Å². The molecule has 0 aliphatic carbocycles. The number of hydrogen-bond donors (Lipinski definition) is 1. The quantitative estimate of drug-likeness (QED) is 0.625. The lowest BCUT2D eigenvalue weighted by molar-refractivity contribution is 0.597. The van der Waals surface area contributed by atoms with Gasteiger partial charge in [0.2, 0.25) is 0 Å². The van der Waals surface area contributed by atoms with Crippen molar-refractivity contribution in [2.24, 2.45) is 0 Å². The van der Waals surface area contributed by atoms with E-state index in [-0.39, 0.29) is 5.75 Å². The Kier molecular flexibility index (Phi) is 5.35. The lowest BCUT2D eigenvalue weighted by Crippen LogP contribution is -2.08. The molecule has 21 heavy (non-hydrogen) atoms. The maximum absolute atomic E-state index is 12.2.